The Morgan fingerprint density at radius 2 is 2.07 bits per heavy atom. The van der Waals surface area contributed by atoms with E-state index in [2.05, 4.69) is 46.4 Å². The Bertz CT molecular complexity index is 312. The quantitative estimate of drug-likeness (QED) is 0.852. The van der Waals surface area contributed by atoms with Crippen molar-refractivity contribution in [1.29, 1.82) is 0 Å². The molecule has 1 fully saturated rings. The highest BCUT2D eigenvalue weighted by atomic mass is 79.9. The summed E-state index contributed by atoms with van der Waals surface area (Å²) in [4.78, 5) is 0. The van der Waals surface area contributed by atoms with E-state index < -0.39 is 0 Å². The minimum Gasteiger partial charge on any atom is -0.382 e. The molecule has 2 nitrogen and oxygen atoms in total. The van der Waals surface area contributed by atoms with Crippen LogP contribution in [0.15, 0.2) is 22.7 Å². The molecule has 0 radical (unpaired) electrons. The summed E-state index contributed by atoms with van der Waals surface area (Å²) in [6.45, 7) is 2.10. The van der Waals surface area contributed by atoms with Crippen LogP contribution < -0.4 is 11.1 Å². The number of nitrogens with one attached hydrogen (secondary N) is 1. The second kappa shape index (κ2) is 3.91. The smallest absolute Gasteiger partial charge is 0.0356 e. The standard InChI is InChI=1S/C11H15BrN2/c1-7-2-8(12)4-10(3-7)14-11-5-9(13)6-11/h2-4,9,11,14H,5-6,13H2,1H3. The minimum atomic E-state index is 0.403. The lowest BCUT2D eigenvalue weighted by Gasteiger charge is -2.33. The summed E-state index contributed by atoms with van der Waals surface area (Å²) < 4.78 is 1.13. The van der Waals surface area contributed by atoms with E-state index in [1.54, 1.807) is 0 Å². The maximum absolute atomic E-state index is 5.73. The van der Waals surface area contributed by atoms with Gasteiger partial charge in [0, 0.05) is 22.2 Å². The van der Waals surface area contributed by atoms with Crippen molar-refractivity contribution < 1.29 is 0 Å². The lowest BCUT2D eigenvalue weighted by molar-refractivity contribution is 0.373. The highest BCUT2D eigenvalue weighted by molar-refractivity contribution is 9.10. The third-order valence-corrected chi connectivity index (χ3v) is 3.05. The average molecular weight is 255 g/mol. The van der Waals surface area contributed by atoms with Crippen LogP contribution in [0, 0.1) is 6.92 Å². The van der Waals surface area contributed by atoms with Crippen molar-refractivity contribution in [2.45, 2.75) is 31.8 Å². The number of hydrogen-bond donors (Lipinski definition) is 2. The Morgan fingerprint density at radius 3 is 2.64 bits per heavy atom. The fourth-order valence-corrected chi connectivity index (χ4v) is 2.44. The lowest BCUT2D eigenvalue weighted by Crippen LogP contribution is -2.44. The van der Waals surface area contributed by atoms with Crippen LogP contribution in [-0.4, -0.2) is 12.1 Å². The van der Waals surface area contributed by atoms with Gasteiger partial charge in [0.25, 0.3) is 0 Å². The van der Waals surface area contributed by atoms with Gasteiger partial charge in [0.15, 0.2) is 0 Å². The van der Waals surface area contributed by atoms with Gasteiger partial charge >= 0.3 is 0 Å². The first kappa shape index (κ1) is 9.99. The molecule has 3 N–H and O–H groups in total. The molecule has 0 aliphatic heterocycles. The molecule has 0 spiro atoms. The third kappa shape index (κ3) is 2.28. The van der Waals surface area contributed by atoms with E-state index in [0.717, 1.165) is 17.3 Å². The van der Waals surface area contributed by atoms with Crippen molar-refractivity contribution in [3.63, 3.8) is 0 Å². The second-order valence-corrected chi connectivity index (χ2v) is 5.01. The molecule has 76 valence electrons. The fourth-order valence-electron chi connectivity index (χ4n) is 1.84. The molecule has 1 aromatic rings. The number of hydrogen-bond acceptors (Lipinski definition) is 2. The van der Waals surface area contributed by atoms with Gasteiger partial charge in [-0.25, -0.2) is 0 Å². The van der Waals surface area contributed by atoms with E-state index in [4.69, 9.17) is 5.73 Å². The highest BCUT2D eigenvalue weighted by Gasteiger charge is 2.25. The third-order valence-electron chi connectivity index (χ3n) is 2.59. The molecule has 14 heavy (non-hydrogen) atoms. The molecule has 2 rings (SSSR count). The molecule has 0 aromatic heterocycles. The predicted molar refractivity (Wildman–Crippen MR) is 63.5 cm³/mol. The average Bonchev–Trinajstić information content (AvgIpc) is 1.99. The number of nitrogens with two attached hydrogens (primary N) is 1. The molecule has 1 aliphatic carbocycles. The van der Waals surface area contributed by atoms with Crippen LogP contribution in [0.3, 0.4) is 0 Å². The first-order valence-electron chi connectivity index (χ1n) is 4.93. The van der Waals surface area contributed by atoms with Crippen molar-refractivity contribution in [2.75, 3.05) is 5.32 Å². The molecule has 1 aliphatic rings. The van der Waals surface area contributed by atoms with Crippen LogP contribution in [-0.2, 0) is 0 Å². The van der Waals surface area contributed by atoms with Gasteiger partial charge in [0.1, 0.15) is 0 Å². The Kier molecular flexibility index (Phi) is 2.79. The SMILES string of the molecule is Cc1cc(Br)cc(NC2CC(N)C2)c1. The largest absolute Gasteiger partial charge is 0.382 e. The molecular weight excluding hydrogens is 240 g/mol. The Hall–Kier alpha value is -0.540. The monoisotopic (exact) mass is 254 g/mol. The number of halogens is 1. The van der Waals surface area contributed by atoms with Crippen molar-refractivity contribution in [1.82, 2.24) is 0 Å². The molecule has 0 atom stereocenters. The topological polar surface area (TPSA) is 38.0 Å². The van der Waals surface area contributed by atoms with E-state index in [0.29, 0.717) is 12.1 Å². The van der Waals surface area contributed by atoms with Crippen LogP contribution >= 0.6 is 15.9 Å². The molecular formula is C11H15BrN2. The van der Waals surface area contributed by atoms with Gasteiger partial charge in [-0.05, 0) is 43.5 Å². The van der Waals surface area contributed by atoms with E-state index in [9.17, 15) is 0 Å². The highest BCUT2D eigenvalue weighted by Crippen LogP contribution is 2.25. The lowest BCUT2D eigenvalue weighted by atomic mass is 9.87. The molecule has 0 amide bonds. The number of aryl methyl sites for hydroxylation is 1. The van der Waals surface area contributed by atoms with Gasteiger partial charge in [-0.3, -0.25) is 0 Å². The Labute approximate surface area is 93.0 Å². The summed E-state index contributed by atoms with van der Waals surface area (Å²) in [7, 11) is 0. The van der Waals surface area contributed by atoms with Crippen LogP contribution in [0.1, 0.15) is 18.4 Å². The van der Waals surface area contributed by atoms with Gasteiger partial charge in [-0.2, -0.15) is 0 Å². The van der Waals surface area contributed by atoms with Crippen LogP contribution in [0.2, 0.25) is 0 Å². The summed E-state index contributed by atoms with van der Waals surface area (Å²) in [6, 6.07) is 7.35. The molecule has 1 saturated carbocycles. The zero-order valence-electron chi connectivity index (χ0n) is 8.26. The number of rotatable bonds is 2. The molecule has 0 unspecified atom stereocenters. The van der Waals surface area contributed by atoms with Gasteiger partial charge in [0.2, 0.25) is 0 Å². The maximum Gasteiger partial charge on any atom is 0.0356 e. The molecule has 0 heterocycles. The van der Waals surface area contributed by atoms with Crippen molar-refractivity contribution in [3.8, 4) is 0 Å². The summed E-state index contributed by atoms with van der Waals surface area (Å²) >= 11 is 3.49. The van der Waals surface area contributed by atoms with Gasteiger partial charge in [-0.1, -0.05) is 15.9 Å². The number of benzene rings is 1. The predicted octanol–water partition coefficient (Wildman–Crippen LogP) is 2.66. The van der Waals surface area contributed by atoms with Gasteiger partial charge in [0.05, 0.1) is 0 Å². The summed E-state index contributed by atoms with van der Waals surface area (Å²) in [5.74, 6) is 0. The van der Waals surface area contributed by atoms with Crippen molar-refractivity contribution in [2.24, 2.45) is 5.73 Å². The van der Waals surface area contributed by atoms with Crippen LogP contribution in [0.25, 0.3) is 0 Å². The van der Waals surface area contributed by atoms with E-state index in [-0.39, 0.29) is 0 Å². The second-order valence-electron chi connectivity index (χ2n) is 4.09. The Morgan fingerprint density at radius 1 is 1.36 bits per heavy atom. The molecule has 3 heteroatoms. The maximum atomic E-state index is 5.73. The van der Waals surface area contributed by atoms with Crippen LogP contribution in [0.5, 0.6) is 0 Å². The zero-order valence-corrected chi connectivity index (χ0v) is 9.84. The van der Waals surface area contributed by atoms with Crippen molar-refractivity contribution >= 4 is 21.6 Å². The molecule has 1 aromatic carbocycles. The Balaban J connectivity index is 2.02. The molecule has 0 bridgehead atoms. The summed E-state index contributed by atoms with van der Waals surface area (Å²) in [6.07, 6.45) is 2.18. The summed E-state index contributed by atoms with van der Waals surface area (Å²) in [5.41, 5.74) is 8.19. The molecule has 0 saturated heterocycles. The summed E-state index contributed by atoms with van der Waals surface area (Å²) in [5, 5.41) is 3.48. The number of anilines is 1. The van der Waals surface area contributed by atoms with Gasteiger partial charge < -0.3 is 11.1 Å². The first-order valence-corrected chi connectivity index (χ1v) is 5.72. The van der Waals surface area contributed by atoms with Gasteiger partial charge in [-0.15, -0.1) is 0 Å². The zero-order chi connectivity index (χ0) is 10.1. The van der Waals surface area contributed by atoms with E-state index >= 15 is 0 Å². The van der Waals surface area contributed by atoms with Crippen molar-refractivity contribution in [3.05, 3.63) is 28.2 Å². The first-order chi connectivity index (χ1) is 6.63. The fraction of sp³-hybridized carbons (Fsp3) is 0.455. The minimum absolute atomic E-state index is 0.403. The van der Waals surface area contributed by atoms with Crippen LogP contribution in [0.4, 0.5) is 5.69 Å². The normalized spacial score (nSPS) is 25.6. The van der Waals surface area contributed by atoms with E-state index in [1.807, 2.05) is 0 Å². The van der Waals surface area contributed by atoms with E-state index in [1.165, 1.54) is 11.3 Å².